The number of anilines is 1. The molecule has 1 aliphatic heterocycles. The maximum atomic E-state index is 11.1. The standard InChI is InChI=1S/C7H9N5OS/c1-2-14-7-11-10-6-9-5(13)3-4(8)12(6)7/h8H,2-3H2,1H3,(H,9,10,13). The minimum absolute atomic E-state index is 0.0856. The van der Waals surface area contributed by atoms with Gasteiger partial charge in [-0.05, 0) is 5.75 Å². The van der Waals surface area contributed by atoms with Crippen LogP contribution in [0.5, 0.6) is 0 Å². The second-order valence-electron chi connectivity index (χ2n) is 2.75. The molecule has 0 bridgehead atoms. The van der Waals surface area contributed by atoms with E-state index in [0.717, 1.165) is 5.75 Å². The summed E-state index contributed by atoms with van der Waals surface area (Å²) in [7, 11) is 0. The molecule has 2 heterocycles. The lowest BCUT2D eigenvalue weighted by Gasteiger charge is -2.15. The number of carbonyl (C=O) groups excluding carboxylic acids is 1. The molecular formula is C7H9N5OS. The molecule has 0 unspecified atom stereocenters. The number of hydrogen-bond donors (Lipinski definition) is 2. The highest BCUT2D eigenvalue weighted by Crippen LogP contribution is 2.21. The van der Waals surface area contributed by atoms with Crippen molar-refractivity contribution in [2.24, 2.45) is 0 Å². The van der Waals surface area contributed by atoms with E-state index in [1.165, 1.54) is 11.8 Å². The molecule has 0 aromatic carbocycles. The van der Waals surface area contributed by atoms with Gasteiger partial charge < -0.3 is 0 Å². The molecule has 0 saturated heterocycles. The van der Waals surface area contributed by atoms with Crippen molar-refractivity contribution in [3.8, 4) is 0 Å². The number of carbonyl (C=O) groups is 1. The van der Waals surface area contributed by atoms with Gasteiger partial charge in [0.15, 0.2) is 5.16 Å². The zero-order chi connectivity index (χ0) is 10.1. The Kier molecular flexibility index (Phi) is 2.24. The first-order valence-corrected chi connectivity index (χ1v) is 5.16. The number of fused-ring (bicyclic) bond motifs is 1. The van der Waals surface area contributed by atoms with E-state index in [-0.39, 0.29) is 18.2 Å². The lowest BCUT2D eigenvalue weighted by molar-refractivity contribution is -0.115. The van der Waals surface area contributed by atoms with Crippen molar-refractivity contribution in [1.29, 1.82) is 5.41 Å². The summed E-state index contributed by atoms with van der Waals surface area (Å²) in [5, 5.41) is 18.6. The molecule has 0 radical (unpaired) electrons. The predicted molar refractivity (Wildman–Crippen MR) is 52.8 cm³/mol. The second kappa shape index (κ2) is 3.41. The minimum Gasteiger partial charge on any atom is -0.294 e. The van der Waals surface area contributed by atoms with Crippen LogP contribution in [0.15, 0.2) is 5.16 Å². The zero-order valence-electron chi connectivity index (χ0n) is 7.57. The molecule has 2 N–H and O–H groups in total. The van der Waals surface area contributed by atoms with E-state index < -0.39 is 0 Å². The quantitative estimate of drug-likeness (QED) is 0.700. The summed E-state index contributed by atoms with van der Waals surface area (Å²) < 4.78 is 1.57. The van der Waals surface area contributed by atoms with E-state index in [4.69, 9.17) is 5.41 Å². The van der Waals surface area contributed by atoms with Crippen molar-refractivity contribution in [3.63, 3.8) is 0 Å². The highest BCUT2D eigenvalue weighted by molar-refractivity contribution is 7.99. The summed E-state index contributed by atoms with van der Waals surface area (Å²) >= 11 is 1.50. The average Bonchev–Trinajstić information content (AvgIpc) is 2.49. The first-order valence-electron chi connectivity index (χ1n) is 4.18. The molecule has 1 aromatic rings. The van der Waals surface area contributed by atoms with Gasteiger partial charge in [-0.3, -0.25) is 15.5 Å². The fourth-order valence-electron chi connectivity index (χ4n) is 1.22. The smallest absolute Gasteiger partial charge is 0.237 e. The van der Waals surface area contributed by atoms with Crippen molar-refractivity contribution >= 4 is 29.5 Å². The van der Waals surface area contributed by atoms with Crippen LogP contribution in [0, 0.1) is 5.41 Å². The molecule has 0 aliphatic carbocycles. The highest BCUT2D eigenvalue weighted by atomic mass is 32.2. The SMILES string of the molecule is CCSc1nnc2n1C(=N)CC(=O)N2. The fourth-order valence-corrected chi connectivity index (χ4v) is 1.90. The molecule has 2 rings (SSSR count). The summed E-state index contributed by atoms with van der Waals surface area (Å²) in [6, 6.07) is 0. The molecule has 1 aliphatic rings. The minimum atomic E-state index is -0.206. The van der Waals surface area contributed by atoms with E-state index in [0.29, 0.717) is 11.1 Å². The number of thioether (sulfide) groups is 1. The van der Waals surface area contributed by atoms with E-state index in [1.807, 2.05) is 6.92 Å². The molecule has 14 heavy (non-hydrogen) atoms. The Labute approximate surface area is 84.6 Å². The number of amides is 1. The Hall–Kier alpha value is -1.37. The van der Waals surface area contributed by atoms with E-state index in [2.05, 4.69) is 15.5 Å². The van der Waals surface area contributed by atoms with Gasteiger partial charge >= 0.3 is 0 Å². The van der Waals surface area contributed by atoms with Crippen LogP contribution in [-0.4, -0.2) is 32.3 Å². The predicted octanol–water partition coefficient (Wildman–Crippen LogP) is 0.558. The largest absolute Gasteiger partial charge is 0.294 e. The summed E-state index contributed by atoms with van der Waals surface area (Å²) in [4.78, 5) is 11.1. The Bertz CT molecular complexity index is 399. The zero-order valence-corrected chi connectivity index (χ0v) is 8.39. The summed E-state index contributed by atoms with van der Waals surface area (Å²) in [6.45, 7) is 2.00. The normalized spacial score (nSPS) is 15.2. The number of hydrogen-bond acceptors (Lipinski definition) is 5. The third-order valence-electron chi connectivity index (χ3n) is 1.76. The topological polar surface area (TPSA) is 83.7 Å². The van der Waals surface area contributed by atoms with Gasteiger partial charge in [-0.15, -0.1) is 10.2 Å². The summed E-state index contributed by atoms with van der Waals surface area (Å²) in [5.41, 5.74) is 0. The van der Waals surface area contributed by atoms with Crippen molar-refractivity contribution in [1.82, 2.24) is 14.8 Å². The molecular weight excluding hydrogens is 202 g/mol. The van der Waals surface area contributed by atoms with Crippen LogP contribution in [0.25, 0.3) is 0 Å². The molecule has 1 aromatic heterocycles. The van der Waals surface area contributed by atoms with Crippen molar-refractivity contribution in [2.75, 3.05) is 11.1 Å². The maximum Gasteiger partial charge on any atom is 0.237 e. The van der Waals surface area contributed by atoms with Crippen molar-refractivity contribution in [2.45, 2.75) is 18.5 Å². The first-order chi connectivity index (χ1) is 6.72. The van der Waals surface area contributed by atoms with Crippen LogP contribution >= 0.6 is 11.8 Å². The average molecular weight is 211 g/mol. The Morgan fingerprint density at radius 2 is 2.43 bits per heavy atom. The summed E-state index contributed by atoms with van der Waals surface area (Å²) in [6.07, 6.45) is 0.0856. The van der Waals surface area contributed by atoms with Gasteiger partial charge in [0.2, 0.25) is 11.9 Å². The molecule has 0 spiro atoms. The molecule has 0 saturated carbocycles. The van der Waals surface area contributed by atoms with E-state index in [9.17, 15) is 4.79 Å². The number of aromatic nitrogens is 3. The third-order valence-corrected chi connectivity index (χ3v) is 2.57. The third kappa shape index (κ3) is 1.39. The van der Waals surface area contributed by atoms with Crippen LogP contribution in [0.4, 0.5) is 5.95 Å². The lowest BCUT2D eigenvalue weighted by Crippen LogP contribution is -2.29. The number of nitrogens with one attached hydrogen (secondary N) is 2. The van der Waals surface area contributed by atoms with Gasteiger partial charge in [0.25, 0.3) is 0 Å². The lowest BCUT2D eigenvalue weighted by atomic mass is 10.3. The Balaban J connectivity index is 2.41. The molecule has 0 atom stereocenters. The van der Waals surface area contributed by atoms with E-state index in [1.54, 1.807) is 4.57 Å². The Morgan fingerprint density at radius 3 is 3.14 bits per heavy atom. The highest BCUT2D eigenvalue weighted by Gasteiger charge is 2.24. The van der Waals surface area contributed by atoms with Gasteiger partial charge in [-0.1, -0.05) is 18.7 Å². The first kappa shape index (κ1) is 9.20. The molecule has 1 amide bonds. The van der Waals surface area contributed by atoms with Crippen LogP contribution in [0.1, 0.15) is 13.3 Å². The van der Waals surface area contributed by atoms with Gasteiger partial charge in [0.05, 0.1) is 6.42 Å². The Morgan fingerprint density at radius 1 is 1.64 bits per heavy atom. The molecule has 74 valence electrons. The van der Waals surface area contributed by atoms with Crippen LogP contribution in [0.3, 0.4) is 0 Å². The van der Waals surface area contributed by atoms with Crippen LogP contribution < -0.4 is 5.32 Å². The van der Waals surface area contributed by atoms with Crippen LogP contribution in [0.2, 0.25) is 0 Å². The van der Waals surface area contributed by atoms with Gasteiger partial charge in [0.1, 0.15) is 5.84 Å². The number of nitrogens with zero attached hydrogens (tertiary/aromatic N) is 3. The van der Waals surface area contributed by atoms with Gasteiger partial charge in [0, 0.05) is 0 Å². The van der Waals surface area contributed by atoms with Crippen molar-refractivity contribution < 1.29 is 4.79 Å². The molecule has 0 fully saturated rings. The maximum absolute atomic E-state index is 11.1. The fraction of sp³-hybridized carbons (Fsp3) is 0.429. The second-order valence-corrected chi connectivity index (χ2v) is 3.98. The van der Waals surface area contributed by atoms with Gasteiger partial charge in [-0.2, -0.15) is 0 Å². The van der Waals surface area contributed by atoms with E-state index >= 15 is 0 Å². The monoisotopic (exact) mass is 211 g/mol. The molecule has 6 nitrogen and oxygen atoms in total. The van der Waals surface area contributed by atoms with Crippen LogP contribution in [-0.2, 0) is 4.79 Å². The van der Waals surface area contributed by atoms with Crippen molar-refractivity contribution in [3.05, 3.63) is 0 Å². The number of rotatable bonds is 2. The van der Waals surface area contributed by atoms with Gasteiger partial charge in [-0.25, -0.2) is 4.57 Å². The summed E-state index contributed by atoms with van der Waals surface area (Å²) in [5.74, 6) is 1.23. The molecule has 7 heteroatoms.